The van der Waals surface area contributed by atoms with Crippen molar-refractivity contribution in [3.63, 3.8) is 0 Å². The Hall–Kier alpha value is -2.11. The standard InChI is InChI=1S/C16H14Cl2N2O3/c1-9-7-11(3-6-15(9)20(22)23)16(21)19-10(2)13-5-4-12(17)8-14(13)18/h3-8,10H,1-2H3,(H,19,21)/t10-/m0/s1. The van der Waals surface area contributed by atoms with Gasteiger partial charge in [0.05, 0.1) is 11.0 Å². The van der Waals surface area contributed by atoms with E-state index in [2.05, 4.69) is 5.32 Å². The molecule has 0 spiro atoms. The second-order valence-corrected chi connectivity index (χ2v) is 5.96. The number of nitrogens with zero attached hydrogens (tertiary/aromatic N) is 1. The number of rotatable bonds is 4. The van der Waals surface area contributed by atoms with E-state index in [1.54, 1.807) is 32.0 Å². The molecule has 0 bridgehead atoms. The minimum atomic E-state index is -0.479. The van der Waals surface area contributed by atoms with E-state index in [1.165, 1.54) is 18.2 Å². The zero-order chi connectivity index (χ0) is 17.1. The molecule has 0 saturated heterocycles. The number of carbonyl (C=O) groups is 1. The zero-order valence-electron chi connectivity index (χ0n) is 12.5. The Morgan fingerprint density at radius 1 is 1.22 bits per heavy atom. The van der Waals surface area contributed by atoms with Crippen molar-refractivity contribution in [3.8, 4) is 0 Å². The van der Waals surface area contributed by atoms with Crippen LogP contribution in [0.3, 0.4) is 0 Å². The highest BCUT2D eigenvalue weighted by Gasteiger charge is 2.17. The lowest BCUT2D eigenvalue weighted by molar-refractivity contribution is -0.385. The summed E-state index contributed by atoms with van der Waals surface area (Å²) >= 11 is 12.0. The third-order valence-corrected chi connectivity index (χ3v) is 3.99. The summed E-state index contributed by atoms with van der Waals surface area (Å²) in [5, 5.41) is 14.6. The molecule has 0 aliphatic rings. The monoisotopic (exact) mass is 352 g/mol. The fourth-order valence-electron chi connectivity index (χ4n) is 2.21. The molecule has 1 amide bonds. The van der Waals surface area contributed by atoms with Crippen LogP contribution in [0.25, 0.3) is 0 Å². The Morgan fingerprint density at radius 3 is 2.48 bits per heavy atom. The van der Waals surface area contributed by atoms with Crippen molar-refractivity contribution in [1.29, 1.82) is 0 Å². The normalized spacial score (nSPS) is 11.8. The van der Waals surface area contributed by atoms with Crippen LogP contribution in [0.4, 0.5) is 5.69 Å². The van der Waals surface area contributed by atoms with Crippen LogP contribution in [0, 0.1) is 17.0 Å². The van der Waals surface area contributed by atoms with Crippen LogP contribution >= 0.6 is 23.2 Å². The van der Waals surface area contributed by atoms with Crippen molar-refractivity contribution in [2.45, 2.75) is 19.9 Å². The van der Waals surface area contributed by atoms with Gasteiger partial charge in [-0.3, -0.25) is 14.9 Å². The van der Waals surface area contributed by atoms with Gasteiger partial charge in [-0.25, -0.2) is 0 Å². The van der Waals surface area contributed by atoms with Gasteiger partial charge in [0.2, 0.25) is 0 Å². The second-order valence-electron chi connectivity index (χ2n) is 5.12. The third kappa shape index (κ3) is 4.00. The molecule has 1 atom stereocenters. The maximum absolute atomic E-state index is 12.3. The van der Waals surface area contributed by atoms with Gasteiger partial charge in [0.1, 0.15) is 0 Å². The molecule has 0 aliphatic heterocycles. The van der Waals surface area contributed by atoms with E-state index in [1.807, 2.05) is 0 Å². The number of aryl methyl sites for hydroxylation is 1. The van der Waals surface area contributed by atoms with Gasteiger partial charge in [0.25, 0.3) is 11.6 Å². The van der Waals surface area contributed by atoms with Gasteiger partial charge in [-0.2, -0.15) is 0 Å². The smallest absolute Gasteiger partial charge is 0.272 e. The van der Waals surface area contributed by atoms with Gasteiger partial charge < -0.3 is 5.32 Å². The van der Waals surface area contributed by atoms with Crippen LogP contribution in [-0.2, 0) is 0 Å². The van der Waals surface area contributed by atoms with Crippen LogP contribution in [0.5, 0.6) is 0 Å². The Kier molecular flexibility index (Phi) is 5.23. The van der Waals surface area contributed by atoms with Gasteiger partial charge in [-0.1, -0.05) is 29.3 Å². The van der Waals surface area contributed by atoms with Crippen molar-refractivity contribution in [2.75, 3.05) is 0 Å². The van der Waals surface area contributed by atoms with E-state index in [-0.39, 0.29) is 17.6 Å². The van der Waals surface area contributed by atoms with Crippen LogP contribution < -0.4 is 5.32 Å². The predicted molar refractivity (Wildman–Crippen MR) is 90.2 cm³/mol. The van der Waals surface area contributed by atoms with Crippen molar-refractivity contribution in [2.24, 2.45) is 0 Å². The number of nitrogens with one attached hydrogen (secondary N) is 1. The first-order valence-corrected chi connectivity index (χ1v) is 7.56. The molecule has 0 unspecified atom stereocenters. The number of benzene rings is 2. The third-order valence-electron chi connectivity index (χ3n) is 3.43. The molecule has 2 rings (SSSR count). The molecule has 23 heavy (non-hydrogen) atoms. The minimum absolute atomic E-state index is 0.0182. The summed E-state index contributed by atoms with van der Waals surface area (Å²) in [6.45, 7) is 3.39. The molecule has 5 nitrogen and oxygen atoms in total. The van der Waals surface area contributed by atoms with E-state index >= 15 is 0 Å². The average Bonchev–Trinajstić information content (AvgIpc) is 2.46. The van der Waals surface area contributed by atoms with Crippen molar-refractivity contribution in [3.05, 3.63) is 73.2 Å². The van der Waals surface area contributed by atoms with E-state index in [4.69, 9.17) is 23.2 Å². The summed E-state index contributed by atoms with van der Waals surface area (Å²) in [7, 11) is 0. The topological polar surface area (TPSA) is 72.2 Å². The molecule has 2 aromatic rings. The number of hydrogen-bond acceptors (Lipinski definition) is 3. The summed E-state index contributed by atoms with van der Waals surface area (Å²) in [5.74, 6) is -0.332. The summed E-state index contributed by atoms with van der Waals surface area (Å²) in [5.41, 5.74) is 1.50. The molecule has 0 fully saturated rings. The Labute approximate surface area is 143 Å². The van der Waals surface area contributed by atoms with Crippen molar-refractivity contribution < 1.29 is 9.72 Å². The van der Waals surface area contributed by atoms with Gasteiger partial charge in [0, 0.05) is 27.2 Å². The molecule has 0 heterocycles. The van der Waals surface area contributed by atoms with Crippen LogP contribution in [-0.4, -0.2) is 10.8 Å². The van der Waals surface area contributed by atoms with Crippen LogP contribution in [0.2, 0.25) is 10.0 Å². The molecule has 0 radical (unpaired) electrons. The SMILES string of the molecule is Cc1cc(C(=O)N[C@@H](C)c2ccc(Cl)cc2Cl)ccc1[N+](=O)[O-]. The summed E-state index contributed by atoms with van der Waals surface area (Å²) in [6.07, 6.45) is 0. The highest BCUT2D eigenvalue weighted by Crippen LogP contribution is 2.26. The van der Waals surface area contributed by atoms with Gasteiger partial charge in [-0.05, 0) is 43.7 Å². The zero-order valence-corrected chi connectivity index (χ0v) is 14.0. The molecular weight excluding hydrogens is 339 g/mol. The van der Waals surface area contributed by atoms with Crippen molar-refractivity contribution in [1.82, 2.24) is 5.32 Å². The molecule has 2 aromatic carbocycles. The number of amides is 1. The number of carbonyl (C=O) groups excluding carboxylic acids is 1. The first kappa shape index (κ1) is 17.2. The lowest BCUT2D eigenvalue weighted by Gasteiger charge is -2.16. The van der Waals surface area contributed by atoms with E-state index < -0.39 is 4.92 Å². The van der Waals surface area contributed by atoms with Crippen LogP contribution in [0.15, 0.2) is 36.4 Å². The van der Waals surface area contributed by atoms with Gasteiger partial charge >= 0.3 is 0 Å². The van der Waals surface area contributed by atoms with Gasteiger partial charge in [-0.15, -0.1) is 0 Å². The van der Waals surface area contributed by atoms with Gasteiger partial charge in [0.15, 0.2) is 0 Å². The fourth-order valence-corrected chi connectivity index (χ4v) is 2.78. The Bertz CT molecular complexity index is 778. The molecular formula is C16H14Cl2N2O3. The largest absolute Gasteiger partial charge is 0.345 e. The van der Waals surface area contributed by atoms with Crippen molar-refractivity contribution >= 4 is 34.8 Å². The number of nitro benzene ring substituents is 1. The second kappa shape index (κ2) is 6.98. The maximum Gasteiger partial charge on any atom is 0.272 e. The first-order valence-electron chi connectivity index (χ1n) is 6.80. The Balaban J connectivity index is 2.18. The van der Waals surface area contributed by atoms with E-state index in [0.29, 0.717) is 21.2 Å². The highest BCUT2D eigenvalue weighted by molar-refractivity contribution is 6.35. The van der Waals surface area contributed by atoms with E-state index in [9.17, 15) is 14.9 Å². The average molecular weight is 353 g/mol. The fraction of sp³-hybridized carbons (Fsp3) is 0.188. The number of hydrogen-bond donors (Lipinski definition) is 1. The lowest BCUT2D eigenvalue weighted by atomic mass is 10.1. The Morgan fingerprint density at radius 2 is 1.91 bits per heavy atom. The number of halogens is 2. The van der Waals surface area contributed by atoms with E-state index in [0.717, 1.165) is 5.56 Å². The van der Waals surface area contributed by atoms with Crippen LogP contribution in [0.1, 0.15) is 34.5 Å². The predicted octanol–water partition coefficient (Wildman–Crippen LogP) is 4.70. The number of nitro groups is 1. The molecule has 0 aliphatic carbocycles. The molecule has 0 saturated carbocycles. The summed E-state index contributed by atoms with van der Waals surface area (Å²) < 4.78 is 0. The summed E-state index contributed by atoms with van der Waals surface area (Å²) in [6, 6.07) is 8.96. The maximum atomic E-state index is 12.3. The quantitative estimate of drug-likeness (QED) is 0.640. The molecule has 0 aromatic heterocycles. The lowest BCUT2D eigenvalue weighted by Crippen LogP contribution is -2.26. The first-order chi connectivity index (χ1) is 10.8. The molecule has 120 valence electrons. The summed E-state index contributed by atoms with van der Waals surface area (Å²) in [4.78, 5) is 22.6. The highest BCUT2D eigenvalue weighted by atomic mass is 35.5. The molecule has 7 heteroatoms. The molecule has 1 N–H and O–H groups in total. The minimum Gasteiger partial charge on any atom is -0.345 e.